The number of aromatic nitrogens is 1. The number of aliphatic carboxylic acids is 1. The van der Waals surface area contributed by atoms with Crippen LogP contribution < -0.4 is 0 Å². The second kappa shape index (κ2) is 12.7. The minimum absolute atomic E-state index is 0.143. The van der Waals surface area contributed by atoms with Crippen LogP contribution in [0.25, 0.3) is 17.2 Å². The molecule has 7 nitrogen and oxygen atoms in total. The maximum absolute atomic E-state index is 13.8. The number of hydrogen-bond donors (Lipinski definition) is 4. The molecule has 2 aromatic rings. The Morgan fingerprint density at radius 1 is 1.21 bits per heavy atom. The number of methoxy groups -OCH3 is 1. The average molecular weight is 479 g/mol. The lowest BCUT2D eigenvalue weighted by Crippen LogP contribution is -2.19. The van der Waals surface area contributed by atoms with Crippen LogP contribution in [0.15, 0.2) is 30.3 Å². The normalized spacial score (nSPS) is 16.2. The van der Waals surface area contributed by atoms with Crippen LogP contribution in [0.5, 0.6) is 0 Å². The number of benzene rings is 1. The first-order chi connectivity index (χ1) is 17.2. The van der Waals surface area contributed by atoms with Gasteiger partial charge >= 0.3 is 5.97 Å². The fourth-order valence-electron chi connectivity index (χ4n) is 3.79. The molecular weight excluding hydrogens is 441 g/mol. The standard InChI is InChI=1S/C26H34FNO6/c1-15(2)25-21(10-9-19(30)11-20(31)12-23(32)33)24(17-5-7-18(27)8-6-17)22(14-34-4)26(28-25)16(3)13-29/h5-10,15-16,19-20,29-31H,11-14H2,1-4H3,(H,32,33)/b10-9+/t16?,19-,20-/m1/s1/i4D3. The van der Waals surface area contributed by atoms with E-state index < -0.39 is 43.4 Å². The van der Waals surface area contributed by atoms with Gasteiger partial charge in [0.2, 0.25) is 0 Å². The molecule has 1 aromatic heterocycles. The summed E-state index contributed by atoms with van der Waals surface area (Å²) in [6, 6.07) is 5.59. The maximum atomic E-state index is 13.8. The lowest BCUT2D eigenvalue weighted by Gasteiger charge is -2.24. The molecule has 34 heavy (non-hydrogen) atoms. The highest BCUT2D eigenvalue weighted by Gasteiger charge is 2.24. The summed E-state index contributed by atoms with van der Waals surface area (Å²) in [6.07, 6.45) is -0.209. The fourth-order valence-corrected chi connectivity index (χ4v) is 3.79. The number of aliphatic hydroxyl groups is 3. The highest BCUT2D eigenvalue weighted by molar-refractivity contribution is 5.80. The van der Waals surface area contributed by atoms with Crippen LogP contribution >= 0.6 is 0 Å². The van der Waals surface area contributed by atoms with Crippen molar-refractivity contribution in [2.75, 3.05) is 13.6 Å². The lowest BCUT2D eigenvalue weighted by molar-refractivity contribution is -0.139. The summed E-state index contributed by atoms with van der Waals surface area (Å²) >= 11 is 0. The molecule has 1 heterocycles. The number of nitrogens with zero attached hydrogens (tertiary/aromatic N) is 1. The summed E-state index contributed by atoms with van der Waals surface area (Å²) in [5.74, 6) is -2.27. The number of pyridine rings is 1. The third-order valence-electron chi connectivity index (χ3n) is 5.44. The summed E-state index contributed by atoms with van der Waals surface area (Å²) in [7, 11) is -2.71. The largest absolute Gasteiger partial charge is 0.481 e. The summed E-state index contributed by atoms with van der Waals surface area (Å²) in [6.45, 7) is 4.90. The Kier molecular flexibility index (Phi) is 8.64. The van der Waals surface area contributed by atoms with Gasteiger partial charge in [-0.25, -0.2) is 4.39 Å². The molecule has 1 aromatic carbocycles. The Bertz CT molecular complexity index is 1090. The van der Waals surface area contributed by atoms with Gasteiger partial charge in [-0.15, -0.1) is 0 Å². The van der Waals surface area contributed by atoms with E-state index in [4.69, 9.17) is 18.9 Å². The van der Waals surface area contributed by atoms with E-state index in [0.717, 1.165) is 0 Å². The third kappa shape index (κ3) is 7.17. The van der Waals surface area contributed by atoms with Gasteiger partial charge in [-0.2, -0.15) is 0 Å². The van der Waals surface area contributed by atoms with Crippen LogP contribution in [0, 0.1) is 5.82 Å². The van der Waals surface area contributed by atoms with Crippen molar-refractivity contribution < 1.29 is 38.5 Å². The predicted octanol–water partition coefficient (Wildman–Crippen LogP) is 3.85. The Balaban J connectivity index is 2.78. The maximum Gasteiger partial charge on any atom is 0.305 e. The number of halogens is 1. The van der Waals surface area contributed by atoms with Gasteiger partial charge in [0.25, 0.3) is 0 Å². The van der Waals surface area contributed by atoms with Gasteiger partial charge in [-0.1, -0.05) is 45.1 Å². The van der Waals surface area contributed by atoms with Crippen molar-refractivity contribution in [2.24, 2.45) is 0 Å². The van der Waals surface area contributed by atoms with Crippen molar-refractivity contribution in [3.63, 3.8) is 0 Å². The minimum atomic E-state index is -2.71. The Hall–Kier alpha value is -2.65. The van der Waals surface area contributed by atoms with Crippen LogP contribution in [-0.2, 0) is 16.1 Å². The van der Waals surface area contributed by atoms with E-state index in [9.17, 15) is 24.5 Å². The monoisotopic (exact) mass is 478 g/mol. The van der Waals surface area contributed by atoms with Gasteiger partial charge in [-0.05, 0) is 29.2 Å². The average Bonchev–Trinajstić information content (AvgIpc) is 2.79. The molecule has 0 saturated heterocycles. The first kappa shape index (κ1) is 23.1. The summed E-state index contributed by atoms with van der Waals surface area (Å²) in [5.41, 5.74) is 2.99. The minimum Gasteiger partial charge on any atom is -0.481 e. The number of aliphatic hydroxyl groups excluding tert-OH is 3. The van der Waals surface area contributed by atoms with Crippen LogP contribution in [-0.4, -0.2) is 57.2 Å². The van der Waals surface area contributed by atoms with E-state index in [1.165, 1.54) is 30.3 Å². The smallest absolute Gasteiger partial charge is 0.305 e. The summed E-state index contributed by atoms with van der Waals surface area (Å²) in [5, 5.41) is 39.1. The van der Waals surface area contributed by atoms with Gasteiger partial charge in [0.1, 0.15) is 5.82 Å². The van der Waals surface area contributed by atoms with Gasteiger partial charge in [0.15, 0.2) is 0 Å². The second-order valence-electron chi connectivity index (χ2n) is 8.60. The lowest BCUT2D eigenvalue weighted by atomic mass is 9.86. The molecule has 0 fully saturated rings. The topological polar surface area (TPSA) is 120 Å². The zero-order chi connectivity index (χ0) is 27.9. The molecule has 0 spiro atoms. The molecule has 0 bridgehead atoms. The van der Waals surface area contributed by atoms with E-state index in [0.29, 0.717) is 33.6 Å². The van der Waals surface area contributed by atoms with E-state index in [2.05, 4.69) is 0 Å². The SMILES string of the molecule is [2H]C([2H])([2H])OCc1c(C(C)CO)nc(C(C)C)c(/C=C/[C@@H](O)C[C@@H](O)CC(=O)O)c1-c1ccc(F)cc1. The molecule has 4 N–H and O–H groups in total. The molecule has 0 radical (unpaired) electrons. The molecule has 0 aliphatic carbocycles. The highest BCUT2D eigenvalue weighted by atomic mass is 19.1. The van der Waals surface area contributed by atoms with E-state index >= 15 is 0 Å². The number of hydrogen-bond acceptors (Lipinski definition) is 6. The number of rotatable bonds is 12. The van der Waals surface area contributed by atoms with Crippen molar-refractivity contribution in [2.45, 2.75) is 64.3 Å². The predicted molar refractivity (Wildman–Crippen MR) is 128 cm³/mol. The zero-order valence-electron chi connectivity index (χ0n) is 22.5. The van der Waals surface area contributed by atoms with Crippen LogP contribution in [0.2, 0.25) is 0 Å². The molecule has 3 atom stereocenters. The molecule has 0 aliphatic heterocycles. The highest BCUT2D eigenvalue weighted by Crippen LogP contribution is 2.38. The van der Waals surface area contributed by atoms with Crippen LogP contribution in [0.1, 0.15) is 72.1 Å². The van der Waals surface area contributed by atoms with Crippen LogP contribution in [0.3, 0.4) is 0 Å². The molecule has 1 unspecified atom stereocenters. The fraction of sp³-hybridized carbons (Fsp3) is 0.462. The zero-order valence-corrected chi connectivity index (χ0v) is 19.5. The summed E-state index contributed by atoms with van der Waals surface area (Å²) in [4.78, 5) is 15.6. The number of carboxylic acids is 1. The van der Waals surface area contributed by atoms with E-state index in [1.807, 2.05) is 13.8 Å². The van der Waals surface area contributed by atoms with Crippen molar-refractivity contribution in [1.82, 2.24) is 4.98 Å². The van der Waals surface area contributed by atoms with Crippen LogP contribution in [0.4, 0.5) is 4.39 Å². The van der Waals surface area contributed by atoms with E-state index in [1.54, 1.807) is 13.0 Å². The molecule has 8 heteroatoms. The van der Waals surface area contributed by atoms with Crippen molar-refractivity contribution in [3.8, 4) is 11.1 Å². The molecule has 186 valence electrons. The van der Waals surface area contributed by atoms with E-state index in [-0.39, 0.29) is 25.6 Å². The quantitative estimate of drug-likeness (QED) is 0.366. The Labute approximate surface area is 203 Å². The van der Waals surface area contributed by atoms with Gasteiger partial charge < -0.3 is 25.2 Å². The molecule has 0 saturated carbocycles. The summed E-state index contributed by atoms with van der Waals surface area (Å²) < 4.78 is 41.4. The van der Waals surface area contributed by atoms with Crippen molar-refractivity contribution in [1.29, 1.82) is 0 Å². The molecule has 0 amide bonds. The van der Waals surface area contributed by atoms with Gasteiger partial charge in [-0.3, -0.25) is 9.78 Å². The van der Waals surface area contributed by atoms with Crippen molar-refractivity contribution in [3.05, 3.63) is 58.7 Å². The Morgan fingerprint density at radius 3 is 2.44 bits per heavy atom. The molecule has 0 aliphatic rings. The third-order valence-corrected chi connectivity index (χ3v) is 5.44. The Morgan fingerprint density at radius 2 is 1.88 bits per heavy atom. The number of carboxylic acid groups (broad SMARTS) is 1. The van der Waals surface area contributed by atoms with Gasteiger partial charge in [0.05, 0.1) is 47.3 Å². The molecular formula is C26H34FNO6. The first-order valence-corrected chi connectivity index (χ1v) is 11.1. The number of ether oxygens (including phenoxy) is 1. The molecule has 2 rings (SSSR count). The first-order valence-electron chi connectivity index (χ1n) is 12.6. The van der Waals surface area contributed by atoms with Gasteiger partial charge in [0, 0.05) is 30.5 Å². The van der Waals surface area contributed by atoms with Crippen molar-refractivity contribution >= 4 is 12.0 Å². The number of carbonyl (C=O) groups is 1. The second-order valence-corrected chi connectivity index (χ2v) is 8.60.